The number of likely N-dealkylation sites (N-methyl/N-ethyl adjacent to an activating group) is 1. The molecule has 112 valence electrons. The second kappa shape index (κ2) is 4.96. The molecule has 0 saturated carbocycles. The van der Waals surface area contributed by atoms with E-state index in [0.717, 1.165) is 12.2 Å². The summed E-state index contributed by atoms with van der Waals surface area (Å²) in [7, 11) is 1.88. The fraction of sp³-hybridized carbons (Fsp3) is 0.316. The quantitative estimate of drug-likeness (QED) is 0.744. The number of nitrogens with zero attached hydrogens (tertiary/aromatic N) is 2. The van der Waals surface area contributed by atoms with E-state index in [1.165, 1.54) is 16.7 Å². The first-order valence-corrected chi connectivity index (χ1v) is 7.85. The summed E-state index contributed by atoms with van der Waals surface area (Å²) in [5, 5.41) is 0. The number of anilines is 1. The van der Waals surface area contributed by atoms with Crippen molar-refractivity contribution in [2.75, 3.05) is 25.0 Å². The van der Waals surface area contributed by atoms with Gasteiger partial charge in [-0.15, -0.1) is 0 Å². The van der Waals surface area contributed by atoms with Gasteiger partial charge in [0, 0.05) is 19.3 Å². The van der Waals surface area contributed by atoms with Crippen LogP contribution in [-0.4, -0.2) is 30.9 Å². The molecule has 0 bridgehead atoms. The van der Waals surface area contributed by atoms with Crippen molar-refractivity contribution in [3.63, 3.8) is 0 Å². The maximum absolute atomic E-state index is 12.5. The Morgan fingerprint density at radius 3 is 2.36 bits per heavy atom. The van der Waals surface area contributed by atoms with Gasteiger partial charge in [0.1, 0.15) is 0 Å². The van der Waals surface area contributed by atoms with Crippen molar-refractivity contribution in [3.8, 4) is 0 Å². The predicted octanol–water partition coefficient (Wildman–Crippen LogP) is 3.17. The molecule has 2 aromatic rings. The summed E-state index contributed by atoms with van der Waals surface area (Å²) in [6.45, 7) is 3.66. The first kappa shape index (κ1) is 13.5. The highest BCUT2D eigenvalue weighted by Crippen LogP contribution is 2.43. The topological polar surface area (TPSA) is 23.6 Å². The number of amides is 1. The Balaban J connectivity index is 1.96. The number of rotatable bonds is 0. The second-order valence-corrected chi connectivity index (χ2v) is 6.37. The van der Waals surface area contributed by atoms with E-state index in [9.17, 15) is 4.79 Å². The van der Waals surface area contributed by atoms with E-state index in [4.69, 9.17) is 0 Å². The van der Waals surface area contributed by atoms with Crippen LogP contribution < -0.4 is 4.90 Å². The molecule has 2 heterocycles. The Bertz CT molecular complexity index is 740. The zero-order valence-corrected chi connectivity index (χ0v) is 13.0. The van der Waals surface area contributed by atoms with Gasteiger partial charge in [-0.3, -0.25) is 9.69 Å². The van der Waals surface area contributed by atoms with Gasteiger partial charge in [0.2, 0.25) is 5.91 Å². The van der Waals surface area contributed by atoms with Crippen LogP contribution in [-0.2, 0) is 4.79 Å². The number of hydrogen-bond donors (Lipinski definition) is 0. The fourth-order valence-electron chi connectivity index (χ4n) is 3.92. The lowest BCUT2D eigenvalue weighted by atomic mass is 9.83. The standard InChI is InChI=1S/C19H20N2O/c1-13-11-21-12-18(22)20(2)17-10-6-5-9-16(17)19(21)15-8-4-3-7-14(13)15/h3-10,13,19H,11-12H2,1-2H3/t13-,19-/m1/s1. The maximum Gasteiger partial charge on any atom is 0.240 e. The molecule has 2 aromatic carbocycles. The van der Waals surface area contributed by atoms with Gasteiger partial charge in [0.15, 0.2) is 0 Å². The molecule has 0 radical (unpaired) electrons. The van der Waals surface area contributed by atoms with Gasteiger partial charge in [-0.25, -0.2) is 0 Å². The molecule has 0 spiro atoms. The summed E-state index contributed by atoms with van der Waals surface area (Å²) < 4.78 is 0. The maximum atomic E-state index is 12.5. The normalized spacial score (nSPS) is 24.3. The van der Waals surface area contributed by atoms with Crippen LogP contribution in [0, 0.1) is 0 Å². The molecule has 0 aliphatic carbocycles. The number of fused-ring (bicyclic) bond motifs is 5. The van der Waals surface area contributed by atoms with Crippen molar-refractivity contribution in [3.05, 3.63) is 65.2 Å². The highest BCUT2D eigenvalue weighted by molar-refractivity contribution is 5.96. The molecule has 1 amide bonds. The molecule has 2 aliphatic rings. The third kappa shape index (κ3) is 1.89. The Kier molecular flexibility index (Phi) is 3.05. The molecule has 0 N–H and O–H groups in total. The summed E-state index contributed by atoms with van der Waals surface area (Å²) in [6.07, 6.45) is 0. The number of carbonyl (C=O) groups is 1. The third-order valence-corrected chi connectivity index (χ3v) is 5.00. The van der Waals surface area contributed by atoms with Gasteiger partial charge in [-0.05, 0) is 28.7 Å². The zero-order chi connectivity index (χ0) is 15.3. The van der Waals surface area contributed by atoms with Crippen molar-refractivity contribution in [1.82, 2.24) is 4.90 Å². The van der Waals surface area contributed by atoms with Crippen LogP contribution in [0.1, 0.15) is 35.6 Å². The lowest BCUT2D eigenvalue weighted by Crippen LogP contribution is -2.41. The van der Waals surface area contributed by atoms with Gasteiger partial charge in [-0.2, -0.15) is 0 Å². The summed E-state index contributed by atoms with van der Waals surface area (Å²) in [5.74, 6) is 0.623. The Morgan fingerprint density at radius 1 is 0.955 bits per heavy atom. The second-order valence-electron chi connectivity index (χ2n) is 6.37. The summed E-state index contributed by atoms with van der Waals surface area (Å²) in [6, 6.07) is 17.1. The highest BCUT2D eigenvalue weighted by Gasteiger charge is 2.37. The van der Waals surface area contributed by atoms with E-state index < -0.39 is 0 Å². The molecule has 0 unspecified atom stereocenters. The number of para-hydroxylation sites is 1. The van der Waals surface area contributed by atoms with E-state index in [2.05, 4.69) is 54.3 Å². The van der Waals surface area contributed by atoms with E-state index in [-0.39, 0.29) is 11.9 Å². The molecule has 3 nitrogen and oxygen atoms in total. The Morgan fingerprint density at radius 2 is 1.59 bits per heavy atom. The minimum atomic E-state index is 0.168. The minimum Gasteiger partial charge on any atom is -0.314 e. The SMILES string of the molecule is C[C@@H]1CN2CC(=O)N(C)c3ccccc3[C@H]2c2ccccc21. The molecule has 2 aliphatic heterocycles. The van der Waals surface area contributed by atoms with Crippen LogP contribution in [0.25, 0.3) is 0 Å². The van der Waals surface area contributed by atoms with Crippen molar-refractivity contribution in [1.29, 1.82) is 0 Å². The first-order valence-electron chi connectivity index (χ1n) is 7.85. The van der Waals surface area contributed by atoms with E-state index in [0.29, 0.717) is 12.5 Å². The third-order valence-electron chi connectivity index (χ3n) is 5.00. The van der Waals surface area contributed by atoms with E-state index >= 15 is 0 Å². The molecular formula is C19H20N2O. The highest BCUT2D eigenvalue weighted by atomic mass is 16.2. The van der Waals surface area contributed by atoms with Crippen LogP contribution in [0.5, 0.6) is 0 Å². The van der Waals surface area contributed by atoms with Crippen LogP contribution in [0.15, 0.2) is 48.5 Å². The summed E-state index contributed by atoms with van der Waals surface area (Å²) in [4.78, 5) is 16.7. The molecule has 22 heavy (non-hydrogen) atoms. The predicted molar refractivity (Wildman–Crippen MR) is 88.1 cm³/mol. The number of benzene rings is 2. The number of hydrogen-bond acceptors (Lipinski definition) is 2. The van der Waals surface area contributed by atoms with Gasteiger partial charge in [0.25, 0.3) is 0 Å². The van der Waals surface area contributed by atoms with Gasteiger partial charge in [0.05, 0.1) is 12.6 Å². The Labute approximate surface area is 131 Å². The monoisotopic (exact) mass is 292 g/mol. The van der Waals surface area contributed by atoms with Crippen molar-refractivity contribution < 1.29 is 4.79 Å². The molecule has 4 rings (SSSR count). The zero-order valence-electron chi connectivity index (χ0n) is 13.0. The minimum absolute atomic E-state index is 0.168. The summed E-state index contributed by atoms with van der Waals surface area (Å²) >= 11 is 0. The van der Waals surface area contributed by atoms with Gasteiger partial charge in [-0.1, -0.05) is 49.4 Å². The fourth-order valence-corrected chi connectivity index (χ4v) is 3.92. The molecule has 0 fully saturated rings. The van der Waals surface area contributed by atoms with Gasteiger partial charge >= 0.3 is 0 Å². The average molecular weight is 292 g/mol. The van der Waals surface area contributed by atoms with Crippen LogP contribution >= 0.6 is 0 Å². The van der Waals surface area contributed by atoms with Crippen molar-refractivity contribution in [2.45, 2.75) is 18.9 Å². The van der Waals surface area contributed by atoms with E-state index in [1.54, 1.807) is 4.90 Å². The van der Waals surface area contributed by atoms with E-state index in [1.807, 2.05) is 13.1 Å². The molecule has 3 heteroatoms. The van der Waals surface area contributed by atoms with Crippen molar-refractivity contribution >= 4 is 11.6 Å². The molecule has 0 saturated heterocycles. The Hall–Kier alpha value is -2.13. The van der Waals surface area contributed by atoms with Crippen molar-refractivity contribution in [2.24, 2.45) is 0 Å². The lowest BCUT2D eigenvalue weighted by molar-refractivity contribution is -0.119. The molecule has 2 atom stereocenters. The molecular weight excluding hydrogens is 272 g/mol. The summed E-state index contributed by atoms with van der Waals surface area (Å²) in [5.41, 5.74) is 5.02. The largest absolute Gasteiger partial charge is 0.314 e. The average Bonchev–Trinajstić information content (AvgIpc) is 2.64. The van der Waals surface area contributed by atoms with Crippen LogP contribution in [0.2, 0.25) is 0 Å². The van der Waals surface area contributed by atoms with Crippen LogP contribution in [0.3, 0.4) is 0 Å². The smallest absolute Gasteiger partial charge is 0.240 e. The first-order chi connectivity index (χ1) is 10.7. The molecule has 0 aromatic heterocycles. The lowest BCUT2D eigenvalue weighted by Gasteiger charge is -2.39. The number of carbonyl (C=O) groups excluding carboxylic acids is 1. The van der Waals surface area contributed by atoms with Crippen LogP contribution in [0.4, 0.5) is 5.69 Å². The van der Waals surface area contributed by atoms with Gasteiger partial charge < -0.3 is 4.90 Å².